The van der Waals surface area contributed by atoms with Crippen molar-refractivity contribution in [2.75, 3.05) is 0 Å². The Hall–Kier alpha value is -3.68. The predicted molar refractivity (Wildman–Crippen MR) is 131 cm³/mol. The number of benzene rings is 2. The van der Waals surface area contributed by atoms with Gasteiger partial charge in [0.15, 0.2) is 0 Å². The number of rotatable bonds is 8. The number of hydrogen-bond acceptors (Lipinski definition) is 7. The Balaban J connectivity index is 0.00000111. The highest BCUT2D eigenvalue weighted by Crippen LogP contribution is 2.15. The maximum absolute atomic E-state index is 12.7. The fourth-order valence-electron chi connectivity index (χ4n) is 2.56. The van der Waals surface area contributed by atoms with Gasteiger partial charge in [0.1, 0.15) is 31.1 Å². The highest BCUT2D eigenvalue weighted by Gasteiger charge is 2.37. The molecule has 8 nitrogen and oxygen atoms in total. The van der Waals surface area contributed by atoms with E-state index < -0.39 is 29.8 Å². The van der Waals surface area contributed by atoms with Gasteiger partial charge < -0.3 is 19.0 Å². The molecular formula is C27H35NO7. The summed E-state index contributed by atoms with van der Waals surface area (Å²) in [4.78, 5) is 47.9. The number of amides is 2. The fraction of sp³-hybridized carbons (Fsp3) is 0.407. The lowest BCUT2D eigenvalue weighted by atomic mass is 10.2. The molecular weight excluding hydrogens is 450 g/mol. The van der Waals surface area contributed by atoms with Gasteiger partial charge in [-0.05, 0) is 45.2 Å². The molecule has 0 spiro atoms. The van der Waals surface area contributed by atoms with Gasteiger partial charge in [-0.3, -0.25) is 0 Å². The highest BCUT2D eigenvalue weighted by molar-refractivity contribution is 5.93. The zero-order chi connectivity index (χ0) is 26.3. The summed E-state index contributed by atoms with van der Waals surface area (Å²) in [7, 11) is 0. The van der Waals surface area contributed by atoms with Crippen LogP contribution in [-0.2, 0) is 37.0 Å². The Morgan fingerprint density at radius 2 is 1.34 bits per heavy atom. The first-order valence-corrected chi connectivity index (χ1v) is 11.5. The first-order chi connectivity index (χ1) is 16.6. The number of esters is 1. The molecule has 0 N–H and O–H groups in total. The molecule has 35 heavy (non-hydrogen) atoms. The molecule has 0 aliphatic rings. The quantitative estimate of drug-likeness (QED) is 0.269. The van der Waals surface area contributed by atoms with Crippen molar-refractivity contribution in [3.63, 3.8) is 0 Å². The van der Waals surface area contributed by atoms with Crippen molar-refractivity contribution in [1.82, 2.24) is 4.90 Å². The zero-order valence-corrected chi connectivity index (χ0v) is 21.1. The summed E-state index contributed by atoms with van der Waals surface area (Å²) >= 11 is 0. The predicted octanol–water partition coefficient (Wildman–Crippen LogP) is 5.68. The van der Waals surface area contributed by atoms with Gasteiger partial charge in [-0.2, -0.15) is 4.90 Å². The van der Waals surface area contributed by atoms with Crippen LogP contribution >= 0.6 is 0 Å². The zero-order valence-electron chi connectivity index (χ0n) is 21.1. The Labute approximate surface area is 207 Å². The Kier molecular flexibility index (Phi) is 12.8. The van der Waals surface area contributed by atoms with Gasteiger partial charge in [-0.1, -0.05) is 67.6 Å². The van der Waals surface area contributed by atoms with E-state index in [0.29, 0.717) is 11.3 Å². The minimum atomic E-state index is -1.23. The number of imide groups is 1. The van der Waals surface area contributed by atoms with Gasteiger partial charge in [-0.25, -0.2) is 14.4 Å². The van der Waals surface area contributed by atoms with Gasteiger partial charge in [0.25, 0.3) is 0 Å². The summed E-state index contributed by atoms with van der Waals surface area (Å²) in [6.07, 6.45) is 0.644. The average molecular weight is 486 g/mol. The van der Waals surface area contributed by atoms with Gasteiger partial charge in [0.2, 0.25) is 0 Å². The van der Waals surface area contributed by atoms with E-state index in [1.807, 2.05) is 31.2 Å². The van der Waals surface area contributed by atoms with Crippen molar-refractivity contribution in [3.8, 4) is 0 Å². The van der Waals surface area contributed by atoms with E-state index in [-0.39, 0.29) is 13.2 Å². The third-order valence-electron chi connectivity index (χ3n) is 4.35. The van der Waals surface area contributed by atoms with Crippen LogP contribution in [0.5, 0.6) is 0 Å². The summed E-state index contributed by atoms with van der Waals surface area (Å²) in [6, 6.07) is 16.9. The van der Waals surface area contributed by atoms with Gasteiger partial charge in [0.05, 0.1) is 0 Å². The topological polar surface area (TPSA) is 99.2 Å². The van der Waals surface area contributed by atoms with E-state index in [2.05, 4.69) is 0 Å². The van der Waals surface area contributed by atoms with Gasteiger partial charge in [0, 0.05) is 6.42 Å². The molecule has 0 radical (unpaired) electrons. The van der Waals surface area contributed by atoms with E-state index in [1.165, 1.54) is 6.92 Å². The number of aldehydes is 1. The third-order valence-corrected chi connectivity index (χ3v) is 4.35. The first-order valence-electron chi connectivity index (χ1n) is 11.5. The molecule has 1 unspecified atom stereocenters. The number of ether oxygens (including phenoxy) is 3. The SMILES string of the molecule is CC(C(=O)OCc1ccccc1)N(C(=O)OCc1ccccc1)C(=O)OC(C)(C)C.CCCC=O. The summed E-state index contributed by atoms with van der Waals surface area (Å²) in [6.45, 7) is 8.33. The smallest absolute Gasteiger partial charge is 0.420 e. The lowest BCUT2D eigenvalue weighted by Crippen LogP contribution is -2.49. The van der Waals surface area contributed by atoms with E-state index in [9.17, 15) is 19.2 Å². The molecule has 190 valence electrons. The average Bonchev–Trinajstić information content (AvgIpc) is 2.82. The lowest BCUT2D eigenvalue weighted by molar-refractivity contribution is -0.150. The number of unbranched alkanes of at least 4 members (excludes halogenated alkanes) is 1. The van der Waals surface area contributed by atoms with E-state index in [0.717, 1.165) is 23.8 Å². The number of nitrogens with zero attached hydrogens (tertiary/aromatic N) is 1. The van der Waals surface area contributed by atoms with Crippen molar-refractivity contribution in [3.05, 3.63) is 71.8 Å². The van der Waals surface area contributed by atoms with Crippen molar-refractivity contribution in [1.29, 1.82) is 0 Å². The Morgan fingerprint density at radius 1 is 0.857 bits per heavy atom. The maximum Gasteiger partial charge on any atom is 0.420 e. The normalized spacial score (nSPS) is 11.2. The molecule has 0 heterocycles. The van der Waals surface area contributed by atoms with Crippen LogP contribution in [0.2, 0.25) is 0 Å². The highest BCUT2D eigenvalue weighted by atomic mass is 16.6. The van der Waals surface area contributed by atoms with Crippen LogP contribution in [0.15, 0.2) is 60.7 Å². The number of hydrogen-bond donors (Lipinski definition) is 0. The summed E-state index contributed by atoms with van der Waals surface area (Å²) in [5.41, 5.74) is 0.672. The largest absolute Gasteiger partial charge is 0.459 e. The van der Waals surface area contributed by atoms with Crippen LogP contribution in [0.1, 0.15) is 58.6 Å². The monoisotopic (exact) mass is 485 g/mol. The third kappa shape index (κ3) is 11.8. The maximum atomic E-state index is 12.7. The number of carbonyl (C=O) groups is 4. The molecule has 1 atom stereocenters. The van der Waals surface area contributed by atoms with Crippen LogP contribution in [0.25, 0.3) is 0 Å². The van der Waals surface area contributed by atoms with E-state index in [1.54, 1.807) is 57.2 Å². The first kappa shape index (κ1) is 29.4. The van der Waals surface area contributed by atoms with Crippen LogP contribution in [0.3, 0.4) is 0 Å². The molecule has 2 aromatic carbocycles. The van der Waals surface area contributed by atoms with Crippen LogP contribution in [-0.4, -0.2) is 41.0 Å². The number of carbonyl (C=O) groups excluding carboxylic acids is 4. The standard InChI is InChI=1S/C23H27NO6.C4H8O/c1-17(20(25)28-15-18-11-7-5-8-12-18)24(22(27)30-23(2,3)4)21(26)29-16-19-13-9-6-10-14-19;1-2-3-4-5/h5-14,17H,15-16H2,1-4H3;4H,2-3H2,1H3. The summed E-state index contributed by atoms with van der Waals surface area (Å²) in [5, 5.41) is 0. The second-order valence-corrected chi connectivity index (χ2v) is 8.62. The Bertz CT molecular complexity index is 924. The fourth-order valence-corrected chi connectivity index (χ4v) is 2.56. The molecule has 2 aromatic rings. The summed E-state index contributed by atoms with van der Waals surface area (Å²) in [5.74, 6) is -0.749. The van der Waals surface area contributed by atoms with Gasteiger partial charge >= 0.3 is 18.2 Å². The molecule has 2 amide bonds. The van der Waals surface area contributed by atoms with Crippen molar-refractivity contribution >= 4 is 24.4 Å². The molecule has 0 fully saturated rings. The molecule has 0 aliphatic carbocycles. The molecule has 0 aliphatic heterocycles. The van der Waals surface area contributed by atoms with Crippen molar-refractivity contribution in [2.24, 2.45) is 0 Å². The molecule has 0 saturated heterocycles. The second-order valence-electron chi connectivity index (χ2n) is 8.62. The molecule has 0 aromatic heterocycles. The minimum Gasteiger partial charge on any atom is -0.459 e. The molecule has 0 saturated carbocycles. The van der Waals surface area contributed by atoms with E-state index in [4.69, 9.17) is 14.2 Å². The minimum absolute atomic E-state index is 0.0191. The van der Waals surface area contributed by atoms with Crippen molar-refractivity contribution < 1.29 is 33.4 Å². The van der Waals surface area contributed by atoms with Crippen molar-refractivity contribution in [2.45, 2.75) is 72.3 Å². The lowest BCUT2D eigenvalue weighted by Gasteiger charge is -2.28. The summed E-state index contributed by atoms with van der Waals surface area (Å²) < 4.78 is 15.8. The molecule has 8 heteroatoms. The second kappa shape index (κ2) is 15.3. The van der Waals surface area contributed by atoms with Crippen LogP contribution in [0, 0.1) is 0 Å². The van der Waals surface area contributed by atoms with Crippen LogP contribution in [0.4, 0.5) is 9.59 Å². The van der Waals surface area contributed by atoms with Gasteiger partial charge in [-0.15, -0.1) is 0 Å². The Morgan fingerprint density at radius 3 is 1.74 bits per heavy atom. The van der Waals surface area contributed by atoms with Crippen LogP contribution < -0.4 is 0 Å². The van der Waals surface area contributed by atoms with E-state index >= 15 is 0 Å². The molecule has 2 rings (SSSR count). The molecule has 0 bridgehead atoms.